The maximum absolute atomic E-state index is 2.32. The van der Waals surface area contributed by atoms with Gasteiger partial charge in [-0.1, -0.05) is 53.9 Å². The monoisotopic (exact) mass is 169 g/mol. The van der Waals surface area contributed by atoms with Crippen molar-refractivity contribution in [3.05, 3.63) is 5.92 Å². The fraction of sp³-hybridized carbons (Fsp3) is 0.917. The molecule has 0 bridgehead atoms. The summed E-state index contributed by atoms with van der Waals surface area (Å²) in [6.45, 7) is 11.4. The Balaban J connectivity index is 3.12. The molecule has 0 heterocycles. The first-order valence-corrected chi connectivity index (χ1v) is 5.21. The van der Waals surface area contributed by atoms with Gasteiger partial charge in [0.2, 0.25) is 0 Å². The summed E-state index contributed by atoms with van der Waals surface area (Å²) in [5.74, 6) is 1.57. The van der Waals surface area contributed by atoms with E-state index >= 15 is 0 Å². The minimum absolute atomic E-state index is 0.533. The normalized spacial score (nSPS) is 12.5. The lowest BCUT2D eigenvalue weighted by Gasteiger charge is -2.17. The summed E-state index contributed by atoms with van der Waals surface area (Å²) in [5.41, 5.74) is 0.533. The zero-order valence-corrected chi connectivity index (χ0v) is 9.54. The Kier molecular flexibility index (Phi) is 5.61. The maximum Gasteiger partial charge on any atom is -0.0303 e. The summed E-state index contributed by atoms with van der Waals surface area (Å²) in [6.07, 6.45) is 6.89. The van der Waals surface area contributed by atoms with Crippen LogP contribution in [0.25, 0.3) is 0 Å². The van der Waals surface area contributed by atoms with Gasteiger partial charge in [0.25, 0.3) is 0 Å². The molecule has 0 aliphatic carbocycles. The third kappa shape index (κ3) is 10.0. The van der Waals surface area contributed by atoms with E-state index in [-0.39, 0.29) is 0 Å². The Morgan fingerprint density at radius 2 is 1.50 bits per heavy atom. The van der Waals surface area contributed by atoms with Crippen LogP contribution in [-0.2, 0) is 0 Å². The fourth-order valence-corrected chi connectivity index (χ4v) is 1.31. The molecule has 0 aromatic heterocycles. The first kappa shape index (κ1) is 12.0. The largest absolute Gasteiger partial charge is 0.0602 e. The van der Waals surface area contributed by atoms with Gasteiger partial charge >= 0.3 is 0 Å². The van der Waals surface area contributed by atoms with Crippen molar-refractivity contribution in [3.8, 4) is 0 Å². The van der Waals surface area contributed by atoms with Crippen LogP contribution in [0.5, 0.6) is 0 Å². The summed E-state index contributed by atoms with van der Waals surface area (Å²) in [5, 5.41) is 0. The second-order valence-corrected chi connectivity index (χ2v) is 5.33. The van der Waals surface area contributed by atoms with E-state index in [4.69, 9.17) is 0 Å². The van der Waals surface area contributed by atoms with Crippen molar-refractivity contribution in [2.24, 2.45) is 5.41 Å². The lowest BCUT2D eigenvalue weighted by molar-refractivity contribution is 0.357. The van der Waals surface area contributed by atoms with Gasteiger partial charge in [-0.15, -0.1) is 0 Å². The van der Waals surface area contributed by atoms with Crippen molar-refractivity contribution in [2.45, 2.75) is 66.7 Å². The standard InChI is InChI=1S/C12H25/c1-11(2)9-7-6-8-10-12(3,4)5/h6-10H2,1-5H3. The number of unbranched alkanes of at least 4 members (excludes halogenated alkanes) is 2. The lowest BCUT2D eigenvalue weighted by atomic mass is 9.89. The average Bonchev–Trinajstić information content (AvgIpc) is 1.83. The number of hydrogen-bond acceptors (Lipinski definition) is 0. The van der Waals surface area contributed by atoms with E-state index in [0.717, 1.165) is 0 Å². The average molecular weight is 169 g/mol. The molecule has 0 aromatic carbocycles. The van der Waals surface area contributed by atoms with Gasteiger partial charge < -0.3 is 0 Å². The molecule has 0 saturated carbocycles. The van der Waals surface area contributed by atoms with E-state index in [1.165, 1.54) is 32.1 Å². The van der Waals surface area contributed by atoms with Gasteiger partial charge in [-0.2, -0.15) is 0 Å². The SMILES string of the molecule is C[C](C)CCCCCC(C)(C)C. The molecular weight excluding hydrogens is 144 g/mol. The molecule has 0 saturated heterocycles. The lowest BCUT2D eigenvalue weighted by Crippen LogP contribution is -2.03. The summed E-state index contributed by atoms with van der Waals surface area (Å²) in [4.78, 5) is 0. The number of rotatable bonds is 5. The van der Waals surface area contributed by atoms with Crippen molar-refractivity contribution in [2.75, 3.05) is 0 Å². The summed E-state index contributed by atoms with van der Waals surface area (Å²) in [7, 11) is 0. The highest BCUT2D eigenvalue weighted by atomic mass is 14.1. The molecule has 1 radical (unpaired) electrons. The minimum Gasteiger partial charge on any atom is -0.0602 e. The van der Waals surface area contributed by atoms with Crippen LogP contribution < -0.4 is 0 Å². The zero-order valence-electron chi connectivity index (χ0n) is 9.54. The van der Waals surface area contributed by atoms with Crippen LogP contribution in [0, 0.1) is 11.3 Å². The van der Waals surface area contributed by atoms with Crippen molar-refractivity contribution in [1.82, 2.24) is 0 Å². The molecule has 0 nitrogen and oxygen atoms in total. The first-order valence-electron chi connectivity index (χ1n) is 5.21. The van der Waals surface area contributed by atoms with Gasteiger partial charge in [-0.25, -0.2) is 0 Å². The highest BCUT2D eigenvalue weighted by molar-refractivity contribution is 4.75. The van der Waals surface area contributed by atoms with Crippen molar-refractivity contribution >= 4 is 0 Å². The second kappa shape index (κ2) is 5.61. The van der Waals surface area contributed by atoms with Crippen molar-refractivity contribution < 1.29 is 0 Å². The molecule has 0 aromatic rings. The van der Waals surface area contributed by atoms with E-state index < -0.39 is 0 Å². The minimum atomic E-state index is 0.533. The van der Waals surface area contributed by atoms with E-state index in [1.54, 1.807) is 5.92 Å². The third-order valence-corrected chi connectivity index (χ3v) is 2.10. The van der Waals surface area contributed by atoms with E-state index in [1.807, 2.05) is 0 Å². The highest BCUT2D eigenvalue weighted by Gasteiger charge is 2.08. The highest BCUT2D eigenvalue weighted by Crippen LogP contribution is 2.22. The summed E-state index contributed by atoms with van der Waals surface area (Å²) >= 11 is 0. The summed E-state index contributed by atoms with van der Waals surface area (Å²) in [6, 6.07) is 0. The fourth-order valence-electron chi connectivity index (χ4n) is 1.31. The molecule has 0 atom stereocenters. The molecule has 0 aliphatic heterocycles. The zero-order chi connectivity index (χ0) is 9.61. The molecule has 0 N–H and O–H groups in total. The smallest absolute Gasteiger partial charge is 0.0303 e. The Morgan fingerprint density at radius 1 is 0.917 bits per heavy atom. The molecule has 0 rings (SSSR count). The predicted molar refractivity (Wildman–Crippen MR) is 57.1 cm³/mol. The van der Waals surface area contributed by atoms with Crippen LogP contribution in [-0.4, -0.2) is 0 Å². The van der Waals surface area contributed by atoms with Crippen LogP contribution in [0.4, 0.5) is 0 Å². The van der Waals surface area contributed by atoms with Gasteiger partial charge in [0, 0.05) is 0 Å². The molecule has 0 unspecified atom stereocenters. The Labute approximate surface area is 78.8 Å². The molecular formula is C12H25. The molecule has 0 heteroatoms. The molecule has 0 fully saturated rings. The first-order chi connectivity index (χ1) is 5.42. The molecule has 0 amide bonds. The van der Waals surface area contributed by atoms with Crippen LogP contribution in [0.2, 0.25) is 0 Å². The van der Waals surface area contributed by atoms with Gasteiger partial charge in [0.05, 0.1) is 0 Å². The Bertz CT molecular complexity index is 95.1. The van der Waals surface area contributed by atoms with Crippen molar-refractivity contribution in [3.63, 3.8) is 0 Å². The van der Waals surface area contributed by atoms with Crippen LogP contribution in [0.15, 0.2) is 0 Å². The van der Waals surface area contributed by atoms with E-state index in [9.17, 15) is 0 Å². The topological polar surface area (TPSA) is 0 Å². The third-order valence-electron chi connectivity index (χ3n) is 2.10. The Morgan fingerprint density at radius 3 is 1.92 bits per heavy atom. The Hall–Kier alpha value is 0. The molecule has 12 heavy (non-hydrogen) atoms. The van der Waals surface area contributed by atoms with E-state index in [2.05, 4.69) is 34.6 Å². The van der Waals surface area contributed by atoms with Gasteiger partial charge in [-0.3, -0.25) is 0 Å². The summed E-state index contributed by atoms with van der Waals surface area (Å²) < 4.78 is 0. The number of hydrogen-bond donors (Lipinski definition) is 0. The van der Waals surface area contributed by atoms with E-state index in [0.29, 0.717) is 5.41 Å². The quantitative estimate of drug-likeness (QED) is 0.528. The van der Waals surface area contributed by atoms with Crippen LogP contribution in [0.1, 0.15) is 66.7 Å². The molecule has 0 aliphatic rings. The van der Waals surface area contributed by atoms with Gasteiger partial charge in [0.1, 0.15) is 0 Å². The maximum atomic E-state index is 2.32. The van der Waals surface area contributed by atoms with Crippen molar-refractivity contribution in [1.29, 1.82) is 0 Å². The van der Waals surface area contributed by atoms with Gasteiger partial charge in [0.15, 0.2) is 0 Å². The van der Waals surface area contributed by atoms with Gasteiger partial charge in [-0.05, 0) is 24.2 Å². The van der Waals surface area contributed by atoms with Crippen LogP contribution in [0.3, 0.4) is 0 Å². The second-order valence-electron chi connectivity index (χ2n) is 5.33. The molecule has 0 spiro atoms. The predicted octanol–water partition coefficient (Wildman–Crippen LogP) is 4.60. The van der Waals surface area contributed by atoms with Crippen LogP contribution >= 0.6 is 0 Å². The molecule has 73 valence electrons.